The van der Waals surface area contributed by atoms with E-state index in [1.54, 1.807) is 37.3 Å². The minimum absolute atomic E-state index is 0.130. The molecule has 0 aliphatic rings. The summed E-state index contributed by atoms with van der Waals surface area (Å²) in [6.07, 6.45) is 0.306. The lowest BCUT2D eigenvalue weighted by Gasteiger charge is -2.31. The molecule has 0 radical (unpaired) electrons. The van der Waals surface area contributed by atoms with Gasteiger partial charge in [-0.15, -0.1) is 0 Å². The number of methoxy groups -OCH3 is 6. The zero-order chi connectivity index (χ0) is 33.0. The highest BCUT2D eigenvalue weighted by Gasteiger charge is 2.35. The Hall–Kier alpha value is -5.13. The smallest absolute Gasteiger partial charge is 0.338 e. The number of carbonyl (C=O) groups excluding carboxylic acids is 3. The van der Waals surface area contributed by atoms with Gasteiger partial charge in [0.25, 0.3) is 0 Å². The molecule has 45 heavy (non-hydrogen) atoms. The average Bonchev–Trinajstić information content (AvgIpc) is 3.09. The molecule has 0 spiro atoms. The molecule has 0 aliphatic heterocycles. The predicted molar refractivity (Wildman–Crippen MR) is 162 cm³/mol. The van der Waals surface area contributed by atoms with Crippen molar-refractivity contribution in [2.24, 2.45) is 5.41 Å². The highest BCUT2D eigenvalue weighted by atomic mass is 16.6. The lowest BCUT2D eigenvalue weighted by molar-refractivity contribution is -0.0381. The van der Waals surface area contributed by atoms with Crippen molar-refractivity contribution < 1.29 is 57.0 Å². The van der Waals surface area contributed by atoms with Crippen molar-refractivity contribution in [3.05, 3.63) is 71.3 Å². The topological polar surface area (TPSA) is 134 Å². The normalized spacial score (nSPS) is 10.7. The third-order valence-corrected chi connectivity index (χ3v) is 7.09. The molecule has 0 N–H and O–H groups in total. The molecule has 0 saturated heterocycles. The van der Waals surface area contributed by atoms with E-state index in [0.717, 1.165) is 0 Å². The van der Waals surface area contributed by atoms with Crippen LogP contribution in [-0.2, 0) is 14.2 Å². The Labute approximate surface area is 262 Å². The molecule has 0 heterocycles. The predicted octanol–water partition coefficient (Wildman–Crippen LogP) is 5.01. The van der Waals surface area contributed by atoms with Crippen LogP contribution in [0.5, 0.6) is 34.5 Å². The van der Waals surface area contributed by atoms with Crippen LogP contribution in [0.3, 0.4) is 0 Å². The highest BCUT2D eigenvalue weighted by Crippen LogP contribution is 2.40. The number of rotatable bonds is 16. The third kappa shape index (κ3) is 8.28. The minimum Gasteiger partial charge on any atom is -0.493 e. The average molecular weight is 627 g/mol. The number of hydrogen-bond donors (Lipinski definition) is 0. The molecule has 0 amide bonds. The van der Waals surface area contributed by atoms with E-state index in [1.165, 1.54) is 66.9 Å². The summed E-state index contributed by atoms with van der Waals surface area (Å²) in [6.45, 7) is 1.06. The van der Waals surface area contributed by atoms with Crippen LogP contribution in [0, 0.1) is 5.41 Å². The van der Waals surface area contributed by atoms with Crippen LogP contribution in [0.1, 0.15) is 44.4 Å². The van der Waals surface area contributed by atoms with Crippen LogP contribution in [0.4, 0.5) is 0 Å². The van der Waals surface area contributed by atoms with Crippen molar-refractivity contribution in [2.45, 2.75) is 13.3 Å². The first-order valence-electron chi connectivity index (χ1n) is 13.9. The van der Waals surface area contributed by atoms with Crippen molar-refractivity contribution in [3.63, 3.8) is 0 Å². The SMILES string of the molecule is CCC(COC(=O)c1ccccc1)(COC(=O)c1cc(OC)c(OC)c(OC)c1)COC(=O)c1cc(OC)c(OC)c(OC)c1. The van der Waals surface area contributed by atoms with E-state index in [0.29, 0.717) is 23.5 Å². The molecule has 0 bridgehead atoms. The van der Waals surface area contributed by atoms with E-state index in [-0.39, 0.29) is 53.9 Å². The molecule has 12 heteroatoms. The first kappa shape index (κ1) is 34.4. The maximum atomic E-state index is 13.2. The van der Waals surface area contributed by atoms with Crippen molar-refractivity contribution in [1.82, 2.24) is 0 Å². The number of esters is 3. The summed E-state index contributed by atoms with van der Waals surface area (Å²) in [6, 6.07) is 14.3. The van der Waals surface area contributed by atoms with Gasteiger partial charge in [-0.3, -0.25) is 0 Å². The molecule has 0 aliphatic carbocycles. The molecule has 0 aromatic heterocycles. The maximum Gasteiger partial charge on any atom is 0.338 e. The third-order valence-electron chi connectivity index (χ3n) is 7.09. The van der Waals surface area contributed by atoms with Crippen LogP contribution >= 0.6 is 0 Å². The first-order valence-corrected chi connectivity index (χ1v) is 13.9. The summed E-state index contributed by atoms with van der Waals surface area (Å²) in [5.41, 5.74) is -0.515. The van der Waals surface area contributed by atoms with Crippen LogP contribution < -0.4 is 28.4 Å². The zero-order valence-corrected chi connectivity index (χ0v) is 26.4. The molecule has 0 atom stereocenters. The van der Waals surface area contributed by atoms with Crippen LogP contribution in [-0.4, -0.2) is 80.4 Å². The van der Waals surface area contributed by atoms with Gasteiger partial charge in [0.15, 0.2) is 23.0 Å². The van der Waals surface area contributed by atoms with E-state index in [4.69, 9.17) is 42.6 Å². The van der Waals surface area contributed by atoms with Gasteiger partial charge in [0.2, 0.25) is 11.5 Å². The monoisotopic (exact) mass is 626 g/mol. The highest BCUT2D eigenvalue weighted by molar-refractivity contribution is 5.92. The lowest BCUT2D eigenvalue weighted by Crippen LogP contribution is -2.39. The Balaban J connectivity index is 1.87. The summed E-state index contributed by atoms with van der Waals surface area (Å²) >= 11 is 0. The van der Waals surface area contributed by atoms with Gasteiger partial charge >= 0.3 is 17.9 Å². The summed E-state index contributed by atoms with van der Waals surface area (Å²) < 4.78 is 49.1. The second-order valence-corrected chi connectivity index (χ2v) is 9.78. The summed E-state index contributed by atoms with van der Waals surface area (Å²) in [5.74, 6) is -0.321. The van der Waals surface area contributed by atoms with Crippen LogP contribution in [0.2, 0.25) is 0 Å². The quantitative estimate of drug-likeness (QED) is 0.156. The Bertz CT molecular complexity index is 1340. The second-order valence-electron chi connectivity index (χ2n) is 9.78. The number of benzene rings is 3. The number of hydrogen-bond acceptors (Lipinski definition) is 12. The molecule has 12 nitrogen and oxygen atoms in total. The van der Waals surface area contributed by atoms with Gasteiger partial charge in [-0.1, -0.05) is 25.1 Å². The molecule has 3 aromatic rings. The largest absolute Gasteiger partial charge is 0.493 e. The summed E-state index contributed by atoms with van der Waals surface area (Å²) in [5, 5.41) is 0. The molecule has 3 aromatic carbocycles. The fraction of sp³-hybridized carbons (Fsp3) is 0.364. The van der Waals surface area contributed by atoms with Gasteiger partial charge in [0.05, 0.1) is 64.8 Å². The van der Waals surface area contributed by atoms with Crippen molar-refractivity contribution >= 4 is 17.9 Å². The lowest BCUT2D eigenvalue weighted by atomic mass is 9.88. The summed E-state index contributed by atoms with van der Waals surface area (Å²) in [7, 11) is 8.61. The van der Waals surface area contributed by atoms with Gasteiger partial charge in [-0.2, -0.15) is 0 Å². The van der Waals surface area contributed by atoms with Gasteiger partial charge in [0.1, 0.15) is 19.8 Å². The molecule has 242 valence electrons. The summed E-state index contributed by atoms with van der Waals surface area (Å²) in [4.78, 5) is 39.3. The standard InChI is InChI=1S/C33H38O12/c1-8-33(18-43-30(34)21-12-10-9-11-13-21,19-44-31(35)22-14-24(37-2)28(41-6)25(15-22)38-3)20-45-32(36)23-16-26(39-4)29(42-7)27(17-23)40-5/h9-17H,8,18-20H2,1-7H3. The van der Waals surface area contributed by atoms with Gasteiger partial charge in [0, 0.05) is 0 Å². The molecule has 0 fully saturated rings. The van der Waals surface area contributed by atoms with Crippen molar-refractivity contribution in [2.75, 3.05) is 62.5 Å². The molecular formula is C33H38O12. The van der Waals surface area contributed by atoms with Gasteiger partial charge in [-0.25, -0.2) is 14.4 Å². The van der Waals surface area contributed by atoms with E-state index in [9.17, 15) is 14.4 Å². The van der Waals surface area contributed by atoms with E-state index < -0.39 is 23.3 Å². The number of ether oxygens (including phenoxy) is 9. The fourth-order valence-corrected chi connectivity index (χ4v) is 4.31. The maximum absolute atomic E-state index is 13.2. The van der Waals surface area contributed by atoms with Crippen LogP contribution in [0.15, 0.2) is 54.6 Å². The Morgan fingerprint density at radius 3 is 1.13 bits per heavy atom. The van der Waals surface area contributed by atoms with Gasteiger partial charge < -0.3 is 42.6 Å². The van der Waals surface area contributed by atoms with Crippen molar-refractivity contribution in [1.29, 1.82) is 0 Å². The Kier molecular flexibility index (Phi) is 12.3. The minimum atomic E-state index is -1.11. The Morgan fingerprint density at radius 1 is 0.511 bits per heavy atom. The van der Waals surface area contributed by atoms with Crippen LogP contribution in [0.25, 0.3) is 0 Å². The zero-order valence-electron chi connectivity index (χ0n) is 26.4. The van der Waals surface area contributed by atoms with E-state index in [1.807, 2.05) is 0 Å². The second kappa shape index (κ2) is 16.1. The van der Waals surface area contributed by atoms with Gasteiger partial charge in [-0.05, 0) is 42.8 Å². The molecule has 0 saturated carbocycles. The van der Waals surface area contributed by atoms with E-state index in [2.05, 4.69) is 0 Å². The van der Waals surface area contributed by atoms with E-state index >= 15 is 0 Å². The number of carbonyl (C=O) groups is 3. The fourth-order valence-electron chi connectivity index (χ4n) is 4.31. The Morgan fingerprint density at radius 2 is 0.844 bits per heavy atom. The first-order chi connectivity index (χ1) is 21.7. The molecular weight excluding hydrogens is 588 g/mol. The molecule has 0 unspecified atom stereocenters. The van der Waals surface area contributed by atoms with Crippen molar-refractivity contribution in [3.8, 4) is 34.5 Å². The molecule has 3 rings (SSSR count).